The molecule has 1 atom stereocenters. The maximum Gasteiger partial charge on any atom is 0.153 e. The highest BCUT2D eigenvalue weighted by Crippen LogP contribution is 2.18. The van der Waals surface area contributed by atoms with Crippen LogP contribution in [0.15, 0.2) is 5.16 Å². The monoisotopic (exact) mass is 283 g/mol. The van der Waals surface area contributed by atoms with E-state index in [1.807, 2.05) is 0 Å². The molecule has 0 aromatic rings. The van der Waals surface area contributed by atoms with Crippen LogP contribution in [0, 0.1) is 0 Å². The smallest absolute Gasteiger partial charge is 0.153 e. The van der Waals surface area contributed by atoms with Crippen molar-refractivity contribution in [3.8, 4) is 0 Å². The van der Waals surface area contributed by atoms with Crippen molar-refractivity contribution in [1.29, 1.82) is 0 Å². The van der Waals surface area contributed by atoms with Gasteiger partial charge in [-0.05, 0) is 39.4 Å². The molecule has 0 saturated carbocycles. The first kappa shape index (κ1) is 15.5. The lowest BCUT2D eigenvalue weighted by molar-refractivity contribution is 0.117. The van der Waals surface area contributed by atoms with Crippen molar-refractivity contribution in [2.75, 3.05) is 52.9 Å². The van der Waals surface area contributed by atoms with E-state index in [2.05, 4.69) is 26.9 Å². The molecule has 6 nitrogen and oxygen atoms in total. The van der Waals surface area contributed by atoms with E-state index in [-0.39, 0.29) is 0 Å². The van der Waals surface area contributed by atoms with Crippen LogP contribution in [0.3, 0.4) is 0 Å². The summed E-state index contributed by atoms with van der Waals surface area (Å²) in [5.74, 6) is 0.308. The van der Waals surface area contributed by atoms with E-state index in [0.29, 0.717) is 12.4 Å². The zero-order chi connectivity index (χ0) is 14.4. The molecule has 6 heteroatoms. The number of oxime groups is 1. The van der Waals surface area contributed by atoms with Crippen LogP contribution in [0.4, 0.5) is 0 Å². The second-order valence-electron chi connectivity index (χ2n) is 6.13. The van der Waals surface area contributed by atoms with Crippen LogP contribution >= 0.6 is 0 Å². The molecule has 0 aromatic carbocycles. The Hall–Kier alpha value is -0.850. The Balaban J connectivity index is 1.64. The fourth-order valence-corrected chi connectivity index (χ4v) is 3.27. The van der Waals surface area contributed by atoms with E-state index in [1.165, 1.54) is 38.8 Å². The maximum absolute atomic E-state index is 8.59. The van der Waals surface area contributed by atoms with Crippen molar-refractivity contribution in [1.82, 2.24) is 14.7 Å². The summed E-state index contributed by atoms with van der Waals surface area (Å²) in [7, 11) is 2.26. The van der Waals surface area contributed by atoms with Gasteiger partial charge in [-0.15, -0.1) is 0 Å². The lowest BCUT2D eigenvalue weighted by atomic mass is 10.00. The molecule has 1 unspecified atom stereocenters. The molecule has 2 rings (SSSR count). The van der Waals surface area contributed by atoms with Gasteiger partial charge >= 0.3 is 0 Å². The normalized spacial score (nSPS) is 27.9. The van der Waals surface area contributed by atoms with E-state index in [0.717, 1.165) is 32.2 Å². The summed E-state index contributed by atoms with van der Waals surface area (Å²) in [6.45, 7) is 7.25. The van der Waals surface area contributed by atoms with E-state index < -0.39 is 0 Å². The fraction of sp³-hybridized carbons (Fsp3) is 0.929. The van der Waals surface area contributed by atoms with Gasteiger partial charge < -0.3 is 20.7 Å². The van der Waals surface area contributed by atoms with Crippen LogP contribution in [0.25, 0.3) is 0 Å². The van der Waals surface area contributed by atoms with Crippen LogP contribution in [-0.4, -0.2) is 84.6 Å². The Morgan fingerprint density at radius 1 is 1.15 bits per heavy atom. The van der Waals surface area contributed by atoms with Crippen molar-refractivity contribution in [2.45, 2.75) is 31.7 Å². The number of amidine groups is 1. The van der Waals surface area contributed by atoms with Crippen LogP contribution in [0.5, 0.6) is 0 Å². The van der Waals surface area contributed by atoms with Crippen LogP contribution in [0.2, 0.25) is 0 Å². The largest absolute Gasteiger partial charge is 0.409 e. The molecule has 0 amide bonds. The molecule has 2 saturated heterocycles. The van der Waals surface area contributed by atoms with Crippen molar-refractivity contribution >= 4 is 5.84 Å². The average Bonchev–Trinajstić information content (AvgIpc) is 2.48. The van der Waals surface area contributed by atoms with E-state index >= 15 is 0 Å². The molecule has 0 aromatic heterocycles. The number of rotatable bonds is 5. The van der Waals surface area contributed by atoms with Crippen molar-refractivity contribution < 1.29 is 5.21 Å². The lowest BCUT2D eigenvalue weighted by Crippen LogP contribution is -2.49. The molecule has 116 valence electrons. The first-order valence-electron chi connectivity index (χ1n) is 7.80. The molecule has 0 radical (unpaired) electrons. The van der Waals surface area contributed by atoms with Gasteiger partial charge in [0.1, 0.15) is 0 Å². The minimum atomic E-state index is 0.308. The van der Waals surface area contributed by atoms with Crippen LogP contribution in [-0.2, 0) is 0 Å². The Morgan fingerprint density at radius 2 is 1.85 bits per heavy atom. The summed E-state index contributed by atoms with van der Waals surface area (Å²) in [6, 6.07) is 0.777. The van der Waals surface area contributed by atoms with E-state index in [1.54, 1.807) is 0 Å². The quantitative estimate of drug-likeness (QED) is 0.327. The summed E-state index contributed by atoms with van der Waals surface area (Å²) < 4.78 is 0. The van der Waals surface area contributed by atoms with Crippen LogP contribution < -0.4 is 5.73 Å². The summed E-state index contributed by atoms with van der Waals surface area (Å²) in [5, 5.41) is 11.6. The molecule has 0 spiro atoms. The minimum Gasteiger partial charge on any atom is -0.409 e. The number of piperazine rings is 1. The first-order valence-corrected chi connectivity index (χ1v) is 7.80. The molecule has 2 heterocycles. The number of hydrogen-bond acceptors (Lipinski definition) is 5. The van der Waals surface area contributed by atoms with Gasteiger partial charge in [0.25, 0.3) is 0 Å². The highest BCUT2D eigenvalue weighted by atomic mass is 16.4. The first-order chi connectivity index (χ1) is 9.69. The standard InChI is InChI=1S/C14H29N5O/c1-17-6-3-2-4-13(17)5-7-18-8-10-19(11-9-18)12-14(15)16-20/h13,20H,2-12H2,1H3,(H2,15,16). The summed E-state index contributed by atoms with van der Waals surface area (Å²) >= 11 is 0. The van der Waals surface area contributed by atoms with Gasteiger partial charge in [0.15, 0.2) is 5.84 Å². The summed E-state index contributed by atoms with van der Waals surface area (Å²) in [5.41, 5.74) is 5.55. The number of hydrogen-bond donors (Lipinski definition) is 2. The predicted octanol–water partition coefficient (Wildman–Crippen LogP) is 0.225. The van der Waals surface area contributed by atoms with E-state index in [9.17, 15) is 0 Å². The Labute approximate surface area is 122 Å². The lowest BCUT2D eigenvalue weighted by Gasteiger charge is -2.37. The highest BCUT2D eigenvalue weighted by molar-refractivity contribution is 5.81. The van der Waals surface area contributed by atoms with Gasteiger partial charge in [0.2, 0.25) is 0 Å². The second kappa shape index (κ2) is 7.81. The SMILES string of the molecule is CN1CCCCC1CCN1CCN(CC(N)=NO)CC1. The zero-order valence-electron chi connectivity index (χ0n) is 12.7. The highest BCUT2D eigenvalue weighted by Gasteiger charge is 2.22. The zero-order valence-corrected chi connectivity index (χ0v) is 12.7. The fourth-order valence-electron chi connectivity index (χ4n) is 3.27. The number of nitrogens with two attached hydrogens (primary N) is 1. The Morgan fingerprint density at radius 3 is 2.50 bits per heavy atom. The van der Waals surface area contributed by atoms with Gasteiger partial charge in [0, 0.05) is 32.2 Å². The third kappa shape index (κ3) is 4.61. The number of nitrogens with zero attached hydrogens (tertiary/aromatic N) is 4. The van der Waals surface area contributed by atoms with E-state index in [4.69, 9.17) is 10.9 Å². The topological polar surface area (TPSA) is 68.3 Å². The number of likely N-dealkylation sites (tertiary alicyclic amines) is 1. The maximum atomic E-state index is 8.59. The number of piperidine rings is 1. The van der Waals surface area contributed by atoms with Crippen molar-refractivity contribution in [2.24, 2.45) is 10.9 Å². The van der Waals surface area contributed by atoms with Gasteiger partial charge in [0.05, 0.1) is 6.54 Å². The van der Waals surface area contributed by atoms with Gasteiger partial charge in [-0.3, -0.25) is 4.90 Å². The summed E-state index contributed by atoms with van der Waals surface area (Å²) in [6.07, 6.45) is 5.40. The predicted molar refractivity (Wildman–Crippen MR) is 81.2 cm³/mol. The Bertz CT molecular complexity index is 315. The molecule has 2 aliphatic heterocycles. The van der Waals surface area contributed by atoms with Gasteiger partial charge in [-0.1, -0.05) is 11.6 Å². The van der Waals surface area contributed by atoms with Crippen LogP contribution in [0.1, 0.15) is 25.7 Å². The summed E-state index contributed by atoms with van der Waals surface area (Å²) in [4.78, 5) is 7.32. The molecular weight excluding hydrogens is 254 g/mol. The van der Waals surface area contributed by atoms with Crippen molar-refractivity contribution in [3.63, 3.8) is 0 Å². The molecule has 0 aliphatic carbocycles. The van der Waals surface area contributed by atoms with Gasteiger partial charge in [-0.2, -0.15) is 0 Å². The average molecular weight is 283 g/mol. The molecule has 20 heavy (non-hydrogen) atoms. The molecule has 3 N–H and O–H groups in total. The molecule has 2 fully saturated rings. The molecular formula is C14H29N5O. The van der Waals surface area contributed by atoms with Gasteiger partial charge in [-0.25, -0.2) is 0 Å². The Kier molecular flexibility index (Phi) is 6.06. The molecule has 2 aliphatic rings. The molecule has 0 bridgehead atoms. The third-order valence-electron chi connectivity index (χ3n) is 4.68. The minimum absolute atomic E-state index is 0.308. The second-order valence-corrected chi connectivity index (χ2v) is 6.13. The third-order valence-corrected chi connectivity index (χ3v) is 4.68. The van der Waals surface area contributed by atoms with Crippen molar-refractivity contribution in [3.05, 3.63) is 0 Å².